The number of benzene rings is 4. The molecule has 2 aliphatic rings. The van der Waals surface area contributed by atoms with Gasteiger partial charge in [-0.25, -0.2) is 0 Å². The summed E-state index contributed by atoms with van der Waals surface area (Å²) < 4.78 is 22.2. The highest BCUT2D eigenvalue weighted by Crippen LogP contribution is 2.44. The molecule has 6 rings (SSSR count). The maximum Gasteiger partial charge on any atom is 0.475 e. The summed E-state index contributed by atoms with van der Waals surface area (Å²) in [7, 11) is 2.96. The Bertz CT molecular complexity index is 2350. The highest BCUT2D eigenvalue weighted by molar-refractivity contribution is 6.44. The number of carbonyl (C=O) groups is 4. The van der Waals surface area contributed by atoms with Crippen LogP contribution in [0.4, 0.5) is 0 Å². The molecule has 16 nitrogen and oxygen atoms in total. The van der Waals surface area contributed by atoms with Gasteiger partial charge >= 0.3 is 14.2 Å². The molecule has 2 aliphatic carbocycles. The topological polar surface area (TPSA) is 234 Å². The first-order chi connectivity index (χ1) is 34.5. The van der Waals surface area contributed by atoms with Crippen molar-refractivity contribution in [2.24, 2.45) is 23.7 Å². The van der Waals surface area contributed by atoms with Crippen molar-refractivity contribution in [3.63, 3.8) is 0 Å². The molecule has 72 heavy (non-hydrogen) atoms. The lowest BCUT2D eigenvalue weighted by Gasteiger charge is -2.29. The van der Waals surface area contributed by atoms with Gasteiger partial charge in [-0.1, -0.05) is 100 Å². The third-order valence-corrected chi connectivity index (χ3v) is 13.3. The molecule has 4 aromatic rings. The van der Waals surface area contributed by atoms with E-state index in [1.54, 1.807) is 34.5 Å². The molecular formula is C54H74B2N4O12. The Labute approximate surface area is 425 Å². The molecule has 8 N–H and O–H groups in total. The van der Waals surface area contributed by atoms with Gasteiger partial charge in [0.05, 0.1) is 40.3 Å². The quantitative estimate of drug-likeness (QED) is 0.0519. The van der Waals surface area contributed by atoms with Gasteiger partial charge in [0.15, 0.2) is 11.5 Å². The summed E-state index contributed by atoms with van der Waals surface area (Å²) in [5.41, 5.74) is 5.86. The summed E-state index contributed by atoms with van der Waals surface area (Å²) in [5, 5.41) is 50.5. The smallest absolute Gasteiger partial charge is 0.475 e. The van der Waals surface area contributed by atoms with E-state index in [1.807, 2.05) is 100 Å². The van der Waals surface area contributed by atoms with Crippen molar-refractivity contribution in [2.45, 2.75) is 116 Å². The molecule has 2 unspecified atom stereocenters. The first kappa shape index (κ1) is 56.8. The van der Waals surface area contributed by atoms with Crippen LogP contribution in [-0.2, 0) is 57.7 Å². The van der Waals surface area contributed by atoms with Crippen LogP contribution in [0.2, 0.25) is 0 Å². The molecule has 388 valence electrons. The Morgan fingerprint density at radius 1 is 0.542 bits per heavy atom. The summed E-state index contributed by atoms with van der Waals surface area (Å²) >= 11 is 0. The van der Waals surface area contributed by atoms with Gasteiger partial charge in [0, 0.05) is 41.9 Å². The second kappa shape index (κ2) is 27.7. The molecule has 4 aromatic carbocycles. The fourth-order valence-electron chi connectivity index (χ4n) is 9.60. The lowest BCUT2D eigenvalue weighted by Crippen LogP contribution is -2.55. The van der Waals surface area contributed by atoms with Crippen molar-refractivity contribution in [2.75, 3.05) is 28.4 Å². The Morgan fingerprint density at radius 2 is 1.00 bits per heavy atom. The van der Waals surface area contributed by atoms with E-state index in [1.165, 1.54) is 5.56 Å². The molecule has 4 amide bonds. The van der Waals surface area contributed by atoms with E-state index in [2.05, 4.69) is 27.3 Å². The molecule has 0 aromatic heterocycles. The van der Waals surface area contributed by atoms with Gasteiger partial charge in [-0.3, -0.25) is 19.2 Å². The molecule has 0 heterocycles. The lowest BCUT2D eigenvalue weighted by molar-refractivity contribution is -0.131. The van der Waals surface area contributed by atoms with E-state index in [4.69, 9.17) is 18.9 Å². The van der Waals surface area contributed by atoms with E-state index >= 15 is 0 Å². The summed E-state index contributed by atoms with van der Waals surface area (Å²) in [6.07, 6.45) is 4.98. The number of fused-ring (bicyclic) bond motifs is 2. The molecule has 0 spiro atoms. The fourth-order valence-corrected chi connectivity index (χ4v) is 9.60. The number of nitrogens with one attached hydrogen (secondary N) is 4. The van der Waals surface area contributed by atoms with Gasteiger partial charge in [-0.05, 0) is 91.5 Å². The molecule has 0 radical (unpaired) electrons. The van der Waals surface area contributed by atoms with Crippen LogP contribution in [0, 0.1) is 23.7 Å². The number of methoxy groups -OCH3 is 4. The summed E-state index contributed by atoms with van der Waals surface area (Å²) in [6, 6.07) is 24.9. The normalized spacial score (nSPS) is 16.5. The van der Waals surface area contributed by atoms with E-state index in [9.17, 15) is 39.3 Å². The van der Waals surface area contributed by atoms with Gasteiger partial charge in [0.2, 0.25) is 23.6 Å². The minimum atomic E-state index is -1.71. The maximum atomic E-state index is 13.5. The van der Waals surface area contributed by atoms with Gasteiger partial charge in [0.1, 0.15) is 23.6 Å². The number of hydrogen-bond acceptors (Lipinski definition) is 12. The van der Waals surface area contributed by atoms with Crippen molar-refractivity contribution >= 4 is 37.9 Å². The molecule has 0 bridgehead atoms. The Balaban J connectivity index is 0.000000269. The average Bonchev–Trinajstić information content (AvgIpc) is 3.37. The molecular weight excluding hydrogens is 918 g/mol. The summed E-state index contributed by atoms with van der Waals surface area (Å²) in [6.45, 7) is 7.76. The van der Waals surface area contributed by atoms with E-state index in [0.29, 0.717) is 68.6 Å². The standard InChI is InChI=1S/C28H39BN2O7.C26H35BN2O5/c1-17(2)13-25(29(34)35)31-28(33)22(14-18-9-7-6-8-10-18)30-27(32)19-11-12-20-21(15-19)26(38-5)24(37-4)16-23(20)36-3;1-17(2)14-24(27(32)33)29-26(31)22(15-18-8-5-4-6-9-18)28-25(30)20-13-12-19-10-7-11-23(34-3)21(19)16-20/h6-10,16-17,19,22,25,34-35H,11-15H2,1-5H3,(H,30,32)(H,31,33);4-11,17,20,22,24,32-33H,12-16H2,1-3H3,(H,28,30)(H,29,31)/t19?,22-,25-;20?,22-,24-/m00/s1. The van der Waals surface area contributed by atoms with Crippen molar-refractivity contribution in [1.29, 1.82) is 0 Å². The number of amides is 4. The number of aryl methyl sites for hydroxylation is 1. The zero-order valence-electron chi connectivity index (χ0n) is 43.0. The van der Waals surface area contributed by atoms with Gasteiger partial charge in [-0.2, -0.15) is 0 Å². The second-order valence-corrected chi connectivity index (χ2v) is 19.6. The first-order valence-electron chi connectivity index (χ1n) is 24.9. The van der Waals surface area contributed by atoms with Crippen molar-refractivity contribution < 1.29 is 58.2 Å². The fraction of sp³-hybridized carbons (Fsp3) is 0.481. The van der Waals surface area contributed by atoms with Crippen LogP contribution in [0.3, 0.4) is 0 Å². The SMILES string of the molecule is COc1cc(OC)c(OC)c2c1CCC(C(=O)N[C@@H](Cc1ccccc1)C(=O)N[C@@H](CC(C)C)B(O)O)C2.COc1cccc2c1CC(C(=O)N[C@@H](Cc1ccccc1)C(=O)N[C@@H](CC(C)C)B(O)O)CC2. The predicted octanol–water partition coefficient (Wildman–Crippen LogP) is 4.16. The molecule has 0 fully saturated rings. The minimum absolute atomic E-state index is 0.135. The molecule has 6 atom stereocenters. The largest absolute Gasteiger partial charge is 0.496 e. The number of rotatable bonds is 22. The Kier molecular flexibility index (Phi) is 21.8. The summed E-state index contributed by atoms with van der Waals surface area (Å²) in [5.74, 6) is -0.769. The predicted molar refractivity (Wildman–Crippen MR) is 277 cm³/mol. The van der Waals surface area contributed by atoms with Gasteiger partial charge < -0.3 is 60.3 Å². The van der Waals surface area contributed by atoms with E-state index in [0.717, 1.165) is 40.0 Å². The van der Waals surface area contributed by atoms with E-state index < -0.39 is 55.9 Å². The van der Waals surface area contributed by atoms with Crippen molar-refractivity contribution in [3.05, 3.63) is 118 Å². The minimum Gasteiger partial charge on any atom is -0.496 e. The highest BCUT2D eigenvalue weighted by atomic mass is 16.5. The van der Waals surface area contributed by atoms with Gasteiger partial charge in [0.25, 0.3) is 0 Å². The monoisotopic (exact) mass is 993 g/mol. The van der Waals surface area contributed by atoms with Gasteiger partial charge in [-0.15, -0.1) is 0 Å². The van der Waals surface area contributed by atoms with E-state index in [-0.39, 0.29) is 36.0 Å². The number of ether oxygens (including phenoxy) is 4. The molecule has 0 saturated heterocycles. The maximum absolute atomic E-state index is 13.5. The Morgan fingerprint density at radius 3 is 1.43 bits per heavy atom. The van der Waals surface area contributed by atoms with Crippen LogP contribution >= 0.6 is 0 Å². The first-order valence-corrected chi connectivity index (χ1v) is 24.9. The number of carbonyl (C=O) groups excluding carboxylic acids is 4. The van der Waals surface area contributed by atoms with Crippen LogP contribution < -0.4 is 40.2 Å². The number of hydrogen-bond donors (Lipinski definition) is 8. The van der Waals surface area contributed by atoms with Crippen LogP contribution in [-0.4, -0.2) is 110 Å². The Hall–Kier alpha value is -6.07. The molecule has 0 aliphatic heterocycles. The van der Waals surface area contributed by atoms with Crippen LogP contribution in [0.25, 0.3) is 0 Å². The van der Waals surface area contributed by atoms with Crippen LogP contribution in [0.15, 0.2) is 84.9 Å². The third-order valence-electron chi connectivity index (χ3n) is 13.3. The molecule has 0 saturated carbocycles. The third kappa shape index (κ3) is 16.0. The zero-order chi connectivity index (χ0) is 52.5. The molecule has 18 heteroatoms. The van der Waals surface area contributed by atoms with Crippen LogP contribution in [0.5, 0.6) is 23.0 Å². The summed E-state index contributed by atoms with van der Waals surface area (Å²) in [4.78, 5) is 53.3. The van der Waals surface area contributed by atoms with Crippen LogP contribution in [0.1, 0.15) is 86.8 Å². The van der Waals surface area contributed by atoms with Crippen molar-refractivity contribution in [1.82, 2.24) is 21.3 Å². The highest BCUT2D eigenvalue weighted by Gasteiger charge is 2.36. The lowest BCUT2D eigenvalue weighted by atomic mass is 9.75. The zero-order valence-corrected chi connectivity index (χ0v) is 43.0. The second-order valence-electron chi connectivity index (χ2n) is 19.6. The van der Waals surface area contributed by atoms with Crippen molar-refractivity contribution in [3.8, 4) is 23.0 Å². The average molecular weight is 993 g/mol.